The first-order valence-corrected chi connectivity index (χ1v) is 8.95. The average Bonchev–Trinajstić information content (AvgIpc) is 2.99. The quantitative estimate of drug-likeness (QED) is 0.567. The molecule has 1 aromatic carbocycles. The molecule has 0 fully saturated rings. The van der Waals surface area contributed by atoms with E-state index in [1.807, 2.05) is 44.2 Å². The van der Waals surface area contributed by atoms with Gasteiger partial charge in [0.2, 0.25) is 11.7 Å². The normalized spacial score (nSPS) is 10.6. The number of nitrogens with zero attached hydrogens (tertiary/aromatic N) is 2. The lowest BCUT2D eigenvalue weighted by molar-refractivity contribution is 0.0917. The summed E-state index contributed by atoms with van der Waals surface area (Å²) < 4.78 is 12.9. The molecular weight excluding hydrogens is 340 g/mol. The van der Waals surface area contributed by atoms with Crippen molar-refractivity contribution in [3.8, 4) is 11.6 Å². The molecule has 5 heteroatoms. The summed E-state index contributed by atoms with van der Waals surface area (Å²) in [7, 11) is 1.66. The summed E-state index contributed by atoms with van der Waals surface area (Å²) in [6, 6.07) is 15.4. The third-order valence-electron chi connectivity index (χ3n) is 4.65. The number of aromatic nitrogens is 2. The summed E-state index contributed by atoms with van der Waals surface area (Å²) in [5, 5.41) is 0. The number of Topliss-reactive ketones (excluding diaryl/α,β-unsaturated/α-hetero) is 1. The Kier molecular flexibility index (Phi) is 5.91. The van der Waals surface area contributed by atoms with Crippen molar-refractivity contribution in [1.29, 1.82) is 0 Å². The lowest BCUT2D eigenvalue weighted by Crippen LogP contribution is -2.13. The molecule has 0 atom stereocenters. The Hall–Kier alpha value is -3.08. The Morgan fingerprint density at radius 3 is 2.56 bits per heavy atom. The van der Waals surface area contributed by atoms with Gasteiger partial charge in [0, 0.05) is 35.8 Å². The van der Waals surface area contributed by atoms with E-state index in [9.17, 15) is 4.79 Å². The van der Waals surface area contributed by atoms with Crippen LogP contribution in [-0.2, 0) is 13.0 Å². The molecule has 0 bridgehead atoms. The van der Waals surface area contributed by atoms with Crippen LogP contribution in [0, 0.1) is 13.8 Å². The standard InChI is InChI=1S/C22H24N2O3/c1-16-14-20(21(25)15-27-22-6-4-5-12-23-22)17(2)24(16)13-11-18-7-9-19(26-3)10-8-18/h4-10,12,14H,11,13,15H2,1-3H3. The monoisotopic (exact) mass is 364 g/mol. The van der Waals surface area contributed by atoms with Gasteiger partial charge in [-0.15, -0.1) is 0 Å². The Bertz CT molecular complexity index is 899. The Balaban J connectivity index is 1.65. The van der Waals surface area contributed by atoms with Crippen LogP contribution in [0.3, 0.4) is 0 Å². The second-order valence-electron chi connectivity index (χ2n) is 6.41. The van der Waals surface area contributed by atoms with Gasteiger partial charge in [0.1, 0.15) is 5.75 Å². The highest BCUT2D eigenvalue weighted by molar-refractivity contribution is 5.98. The fourth-order valence-electron chi connectivity index (χ4n) is 3.11. The van der Waals surface area contributed by atoms with E-state index in [0.29, 0.717) is 11.4 Å². The molecule has 0 amide bonds. The van der Waals surface area contributed by atoms with E-state index in [1.54, 1.807) is 19.4 Å². The van der Waals surface area contributed by atoms with Crippen LogP contribution in [0.2, 0.25) is 0 Å². The Morgan fingerprint density at radius 1 is 1.11 bits per heavy atom. The van der Waals surface area contributed by atoms with Crippen molar-refractivity contribution >= 4 is 5.78 Å². The van der Waals surface area contributed by atoms with Gasteiger partial charge in [0.15, 0.2) is 6.61 Å². The number of carbonyl (C=O) groups excluding carboxylic acids is 1. The first-order valence-electron chi connectivity index (χ1n) is 8.95. The SMILES string of the molecule is COc1ccc(CCn2c(C)cc(C(=O)COc3ccccn3)c2C)cc1. The predicted molar refractivity (Wildman–Crippen MR) is 105 cm³/mol. The van der Waals surface area contributed by atoms with Gasteiger partial charge < -0.3 is 14.0 Å². The van der Waals surface area contributed by atoms with E-state index in [4.69, 9.17) is 9.47 Å². The van der Waals surface area contributed by atoms with Crippen LogP contribution in [0.4, 0.5) is 0 Å². The molecule has 3 rings (SSSR count). The van der Waals surface area contributed by atoms with E-state index < -0.39 is 0 Å². The van der Waals surface area contributed by atoms with Crippen LogP contribution < -0.4 is 9.47 Å². The van der Waals surface area contributed by atoms with Gasteiger partial charge in [-0.2, -0.15) is 0 Å². The van der Waals surface area contributed by atoms with E-state index >= 15 is 0 Å². The van der Waals surface area contributed by atoms with Crippen LogP contribution in [0.25, 0.3) is 0 Å². The summed E-state index contributed by atoms with van der Waals surface area (Å²) >= 11 is 0. The number of aryl methyl sites for hydroxylation is 2. The highest BCUT2D eigenvalue weighted by Crippen LogP contribution is 2.18. The molecule has 0 aliphatic carbocycles. The number of benzene rings is 1. The maximum absolute atomic E-state index is 12.6. The van der Waals surface area contributed by atoms with Crippen molar-refractivity contribution < 1.29 is 14.3 Å². The Labute approximate surface area is 159 Å². The summed E-state index contributed by atoms with van der Waals surface area (Å²) in [6.45, 7) is 4.81. The van der Waals surface area contributed by atoms with Crippen LogP contribution in [0.1, 0.15) is 27.3 Å². The van der Waals surface area contributed by atoms with Crippen LogP contribution >= 0.6 is 0 Å². The second-order valence-corrected chi connectivity index (χ2v) is 6.41. The van der Waals surface area contributed by atoms with Gasteiger partial charge in [0.05, 0.1) is 7.11 Å². The Morgan fingerprint density at radius 2 is 1.89 bits per heavy atom. The van der Waals surface area contributed by atoms with Gasteiger partial charge in [-0.3, -0.25) is 4.79 Å². The third kappa shape index (κ3) is 4.56. The second kappa shape index (κ2) is 8.54. The molecule has 0 unspecified atom stereocenters. The molecule has 0 saturated heterocycles. The zero-order chi connectivity index (χ0) is 19.2. The number of carbonyl (C=O) groups is 1. The van der Waals surface area contributed by atoms with Crippen molar-refractivity contribution in [2.75, 3.05) is 13.7 Å². The summed E-state index contributed by atoms with van der Waals surface area (Å²) in [5.74, 6) is 1.27. The summed E-state index contributed by atoms with van der Waals surface area (Å²) in [5.41, 5.74) is 3.98. The lowest BCUT2D eigenvalue weighted by atomic mass is 10.1. The number of hydrogen-bond donors (Lipinski definition) is 0. The molecule has 2 aromatic heterocycles. The number of pyridine rings is 1. The molecule has 0 aliphatic heterocycles. The molecule has 0 aliphatic rings. The van der Waals surface area contributed by atoms with Crippen LogP contribution in [0.5, 0.6) is 11.6 Å². The lowest BCUT2D eigenvalue weighted by Gasteiger charge is -2.10. The minimum Gasteiger partial charge on any atom is -0.497 e. The van der Waals surface area contributed by atoms with Gasteiger partial charge in [-0.1, -0.05) is 18.2 Å². The van der Waals surface area contributed by atoms with Gasteiger partial charge in [0.25, 0.3) is 0 Å². The topological polar surface area (TPSA) is 53.4 Å². The minimum atomic E-state index is -0.0375. The first kappa shape index (κ1) is 18.7. The highest BCUT2D eigenvalue weighted by Gasteiger charge is 2.16. The molecule has 5 nitrogen and oxygen atoms in total. The predicted octanol–water partition coefficient (Wildman–Crippen LogP) is 4.01. The van der Waals surface area contributed by atoms with Crippen LogP contribution in [-0.4, -0.2) is 29.1 Å². The number of hydrogen-bond acceptors (Lipinski definition) is 4. The van der Waals surface area contributed by atoms with Crippen molar-refractivity contribution in [3.63, 3.8) is 0 Å². The van der Waals surface area contributed by atoms with Gasteiger partial charge in [-0.25, -0.2) is 4.98 Å². The fourth-order valence-corrected chi connectivity index (χ4v) is 3.11. The van der Waals surface area contributed by atoms with Gasteiger partial charge >= 0.3 is 0 Å². The molecule has 0 spiro atoms. The van der Waals surface area contributed by atoms with Crippen LogP contribution in [0.15, 0.2) is 54.7 Å². The molecule has 140 valence electrons. The fraction of sp³-hybridized carbons (Fsp3) is 0.273. The maximum Gasteiger partial charge on any atom is 0.213 e. The molecule has 0 N–H and O–H groups in total. The average molecular weight is 364 g/mol. The third-order valence-corrected chi connectivity index (χ3v) is 4.65. The minimum absolute atomic E-state index is 0.0141. The molecule has 0 radical (unpaired) electrons. The summed E-state index contributed by atoms with van der Waals surface area (Å²) in [4.78, 5) is 16.6. The first-order chi connectivity index (χ1) is 13.1. The number of ketones is 1. The smallest absolute Gasteiger partial charge is 0.213 e. The molecular formula is C22H24N2O3. The van der Waals surface area contributed by atoms with Crippen molar-refractivity contribution in [1.82, 2.24) is 9.55 Å². The molecule has 2 heterocycles. The molecule has 3 aromatic rings. The van der Waals surface area contributed by atoms with E-state index in [0.717, 1.165) is 30.1 Å². The van der Waals surface area contributed by atoms with E-state index in [2.05, 4.69) is 21.7 Å². The number of ether oxygens (including phenoxy) is 2. The number of rotatable bonds is 8. The highest BCUT2D eigenvalue weighted by atomic mass is 16.5. The zero-order valence-corrected chi connectivity index (χ0v) is 15.9. The van der Waals surface area contributed by atoms with E-state index in [1.165, 1.54) is 5.56 Å². The van der Waals surface area contributed by atoms with E-state index in [-0.39, 0.29) is 12.4 Å². The van der Waals surface area contributed by atoms with Crippen molar-refractivity contribution in [2.24, 2.45) is 0 Å². The largest absolute Gasteiger partial charge is 0.497 e. The molecule has 0 saturated carbocycles. The van der Waals surface area contributed by atoms with Crippen molar-refractivity contribution in [3.05, 3.63) is 77.2 Å². The summed E-state index contributed by atoms with van der Waals surface area (Å²) in [6.07, 6.45) is 2.53. The number of methoxy groups -OCH3 is 1. The van der Waals surface area contributed by atoms with Crippen molar-refractivity contribution in [2.45, 2.75) is 26.8 Å². The maximum atomic E-state index is 12.6. The zero-order valence-electron chi connectivity index (χ0n) is 15.9. The molecule has 27 heavy (non-hydrogen) atoms. The van der Waals surface area contributed by atoms with Gasteiger partial charge in [-0.05, 0) is 50.1 Å².